The van der Waals surface area contributed by atoms with Gasteiger partial charge in [0, 0.05) is 16.9 Å². The van der Waals surface area contributed by atoms with Crippen LogP contribution in [-0.2, 0) is 0 Å². The number of halogens is 1. The molecule has 0 spiro atoms. The minimum atomic E-state index is -0.526. The molecule has 150 valence electrons. The standard InChI is InChI=1S/C20H15FN6O2S/c1-12-24-25-26-27(12)17-11-15(7-8-16(17)21)22-19(28)13-4-2-5-14(10-13)23-20(29)18-6-3-9-30-18/h2-11H,1H3,(H,22,28)(H,23,29). The number of aromatic nitrogens is 4. The van der Waals surface area contributed by atoms with Crippen molar-refractivity contribution in [2.45, 2.75) is 6.92 Å². The van der Waals surface area contributed by atoms with Gasteiger partial charge in [-0.15, -0.1) is 16.4 Å². The fraction of sp³-hybridized carbons (Fsp3) is 0.0500. The summed E-state index contributed by atoms with van der Waals surface area (Å²) < 4.78 is 15.4. The van der Waals surface area contributed by atoms with E-state index < -0.39 is 11.7 Å². The molecule has 0 fully saturated rings. The number of carbonyl (C=O) groups is 2. The van der Waals surface area contributed by atoms with Gasteiger partial charge >= 0.3 is 0 Å². The quantitative estimate of drug-likeness (QED) is 0.511. The predicted octanol–water partition coefficient (Wildman–Crippen LogP) is 3.68. The van der Waals surface area contributed by atoms with E-state index in [4.69, 9.17) is 0 Å². The van der Waals surface area contributed by atoms with Gasteiger partial charge in [0.1, 0.15) is 11.5 Å². The fourth-order valence-corrected chi connectivity index (χ4v) is 3.37. The lowest BCUT2D eigenvalue weighted by Crippen LogP contribution is -2.14. The van der Waals surface area contributed by atoms with Gasteiger partial charge < -0.3 is 10.6 Å². The highest BCUT2D eigenvalue weighted by molar-refractivity contribution is 7.12. The van der Waals surface area contributed by atoms with Gasteiger partial charge in [-0.05, 0) is 65.2 Å². The van der Waals surface area contributed by atoms with Gasteiger partial charge in [-0.1, -0.05) is 12.1 Å². The highest BCUT2D eigenvalue weighted by Crippen LogP contribution is 2.20. The summed E-state index contributed by atoms with van der Waals surface area (Å²) in [5.41, 5.74) is 1.32. The van der Waals surface area contributed by atoms with Gasteiger partial charge in [-0.3, -0.25) is 9.59 Å². The smallest absolute Gasteiger partial charge is 0.265 e. The van der Waals surface area contributed by atoms with Crippen LogP contribution in [0.15, 0.2) is 60.0 Å². The summed E-state index contributed by atoms with van der Waals surface area (Å²) in [5.74, 6) is -0.774. The first-order valence-corrected chi connectivity index (χ1v) is 9.70. The van der Waals surface area contributed by atoms with Crippen LogP contribution in [0.3, 0.4) is 0 Å². The summed E-state index contributed by atoms with van der Waals surface area (Å²) in [6.07, 6.45) is 0. The summed E-state index contributed by atoms with van der Waals surface area (Å²) in [4.78, 5) is 25.4. The summed E-state index contributed by atoms with van der Waals surface area (Å²) in [6, 6.07) is 14.2. The van der Waals surface area contributed by atoms with Gasteiger partial charge in [-0.25, -0.2) is 4.39 Å². The van der Waals surface area contributed by atoms with Crippen molar-refractivity contribution in [1.29, 1.82) is 0 Å². The number of tetrazole rings is 1. The Balaban J connectivity index is 1.52. The Bertz CT molecular complexity index is 1220. The third kappa shape index (κ3) is 4.08. The summed E-state index contributed by atoms with van der Waals surface area (Å²) in [5, 5.41) is 18.3. The third-order valence-corrected chi connectivity index (χ3v) is 5.05. The molecule has 0 bridgehead atoms. The molecule has 2 aromatic carbocycles. The Morgan fingerprint density at radius 3 is 2.53 bits per heavy atom. The lowest BCUT2D eigenvalue weighted by atomic mass is 10.1. The molecule has 0 saturated carbocycles. The van der Waals surface area contributed by atoms with E-state index in [1.165, 1.54) is 34.2 Å². The third-order valence-electron chi connectivity index (χ3n) is 4.19. The van der Waals surface area contributed by atoms with Crippen molar-refractivity contribution in [3.05, 3.63) is 82.1 Å². The number of aryl methyl sites for hydroxylation is 1. The van der Waals surface area contributed by atoms with Crippen LogP contribution in [-0.4, -0.2) is 32.0 Å². The molecule has 0 aliphatic rings. The van der Waals surface area contributed by atoms with Gasteiger partial charge in [-0.2, -0.15) is 4.68 Å². The molecule has 30 heavy (non-hydrogen) atoms. The van der Waals surface area contributed by atoms with Crippen molar-refractivity contribution in [2.24, 2.45) is 0 Å². The van der Waals surface area contributed by atoms with Crippen LogP contribution in [0.2, 0.25) is 0 Å². The fourth-order valence-electron chi connectivity index (χ4n) is 2.75. The van der Waals surface area contributed by atoms with E-state index in [0.717, 1.165) is 0 Å². The molecule has 0 unspecified atom stereocenters. The van der Waals surface area contributed by atoms with E-state index in [0.29, 0.717) is 27.6 Å². The van der Waals surface area contributed by atoms with E-state index >= 15 is 0 Å². The maximum atomic E-state index is 14.2. The van der Waals surface area contributed by atoms with Crippen molar-refractivity contribution in [3.63, 3.8) is 0 Å². The molecular formula is C20H15FN6O2S. The Hall–Kier alpha value is -3.92. The number of benzene rings is 2. The topological polar surface area (TPSA) is 102 Å². The van der Waals surface area contributed by atoms with E-state index in [9.17, 15) is 14.0 Å². The van der Waals surface area contributed by atoms with Gasteiger partial charge in [0.25, 0.3) is 11.8 Å². The first-order chi connectivity index (χ1) is 14.5. The number of nitrogens with zero attached hydrogens (tertiary/aromatic N) is 4. The second kappa shape index (κ2) is 8.21. The van der Waals surface area contributed by atoms with Crippen LogP contribution in [0.5, 0.6) is 0 Å². The van der Waals surface area contributed by atoms with Crippen LogP contribution in [0.25, 0.3) is 5.69 Å². The summed E-state index contributed by atoms with van der Waals surface area (Å²) in [7, 11) is 0. The first-order valence-electron chi connectivity index (χ1n) is 8.82. The molecule has 8 nitrogen and oxygen atoms in total. The first kappa shape index (κ1) is 19.4. The highest BCUT2D eigenvalue weighted by atomic mass is 32.1. The molecule has 0 aliphatic heterocycles. The summed E-state index contributed by atoms with van der Waals surface area (Å²) >= 11 is 1.33. The van der Waals surface area contributed by atoms with Crippen LogP contribution in [0.1, 0.15) is 25.9 Å². The average Bonchev–Trinajstić information content (AvgIpc) is 3.42. The normalized spacial score (nSPS) is 10.6. The molecule has 10 heteroatoms. The second-order valence-corrected chi connectivity index (χ2v) is 7.22. The Morgan fingerprint density at radius 1 is 1.00 bits per heavy atom. The van der Waals surface area contributed by atoms with Crippen LogP contribution in [0.4, 0.5) is 15.8 Å². The molecule has 0 saturated heterocycles. The second-order valence-electron chi connectivity index (χ2n) is 6.27. The van der Waals surface area contributed by atoms with E-state index in [1.807, 2.05) is 5.38 Å². The van der Waals surface area contributed by atoms with Crippen molar-refractivity contribution in [3.8, 4) is 5.69 Å². The Morgan fingerprint density at radius 2 is 1.80 bits per heavy atom. The molecule has 2 amide bonds. The lowest BCUT2D eigenvalue weighted by Gasteiger charge is -2.10. The number of anilines is 2. The van der Waals surface area contributed by atoms with Crippen molar-refractivity contribution in [2.75, 3.05) is 10.6 Å². The van der Waals surface area contributed by atoms with Crippen LogP contribution in [0, 0.1) is 12.7 Å². The molecule has 2 heterocycles. The summed E-state index contributed by atoms with van der Waals surface area (Å²) in [6.45, 7) is 1.64. The zero-order valence-corrected chi connectivity index (χ0v) is 16.5. The Labute approximate surface area is 174 Å². The average molecular weight is 422 g/mol. The minimum Gasteiger partial charge on any atom is -0.322 e. The number of amides is 2. The minimum absolute atomic E-state index is 0.118. The predicted molar refractivity (Wildman–Crippen MR) is 111 cm³/mol. The van der Waals surface area contributed by atoms with Gasteiger partial charge in [0.2, 0.25) is 0 Å². The van der Waals surface area contributed by atoms with Crippen LogP contribution < -0.4 is 10.6 Å². The zero-order chi connectivity index (χ0) is 21.1. The molecular weight excluding hydrogens is 407 g/mol. The highest BCUT2D eigenvalue weighted by Gasteiger charge is 2.14. The monoisotopic (exact) mass is 422 g/mol. The number of carbonyl (C=O) groups excluding carboxylic acids is 2. The lowest BCUT2D eigenvalue weighted by molar-refractivity contribution is 0.101. The molecule has 2 aromatic heterocycles. The van der Waals surface area contributed by atoms with Crippen LogP contribution >= 0.6 is 11.3 Å². The molecule has 4 aromatic rings. The largest absolute Gasteiger partial charge is 0.322 e. The molecule has 4 rings (SSSR count). The Kier molecular flexibility index (Phi) is 5.31. The number of nitrogens with one attached hydrogen (secondary N) is 2. The number of thiophene rings is 1. The number of hydrogen-bond acceptors (Lipinski definition) is 6. The maximum Gasteiger partial charge on any atom is 0.265 e. The molecule has 0 atom stereocenters. The van der Waals surface area contributed by atoms with E-state index in [-0.39, 0.29) is 11.6 Å². The van der Waals surface area contributed by atoms with E-state index in [1.54, 1.807) is 43.3 Å². The number of hydrogen-bond donors (Lipinski definition) is 2. The number of rotatable bonds is 5. The molecule has 0 radical (unpaired) electrons. The van der Waals surface area contributed by atoms with Gasteiger partial charge in [0.15, 0.2) is 5.82 Å². The molecule has 2 N–H and O–H groups in total. The maximum absolute atomic E-state index is 14.2. The van der Waals surface area contributed by atoms with Crippen molar-refractivity contribution < 1.29 is 14.0 Å². The van der Waals surface area contributed by atoms with Crippen molar-refractivity contribution in [1.82, 2.24) is 20.2 Å². The van der Waals surface area contributed by atoms with Gasteiger partial charge in [0.05, 0.1) is 4.88 Å². The molecule has 0 aliphatic carbocycles. The zero-order valence-electron chi connectivity index (χ0n) is 15.7. The van der Waals surface area contributed by atoms with Crippen molar-refractivity contribution >= 4 is 34.5 Å². The SMILES string of the molecule is Cc1nnnn1-c1cc(NC(=O)c2cccc(NC(=O)c3cccs3)c2)ccc1F. The van der Waals surface area contributed by atoms with E-state index in [2.05, 4.69) is 26.2 Å².